The molecule has 0 saturated carbocycles. The number of rotatable bonds is 7. The van der Waals surface area contributed by atoms with Crippen LogP contribution in [0.2, 0.25) is 0 Å². The number of hydrogen-bond acceptors (Lipinski definition) is 5. The van der Waals surface area contributed by atoms with E-state index in [1.54, 1.807) is 36.4 Å². The molecule has 0 atom stereocenters. The maximum absolute atomic E-state index is 13.4. The molecule has 0 saturated heterocycles. The molecule has 200 valence electrons. The van der Waals surface area contributed by atoms with Crippen molar-refractivity contribution < 1.29 is 19.1 Å². The Morgan fingerprint density at radius 1 is 0.975 bits per heavy atom. The lowest BCUT2D eigenvalue weighted by Crippen LogP contribution is -2.19. The van der Waals surface area contributed by atoms with Crippen LogP contribution in [0.3, 0.4) is 0 Å². The normalized spacial score (nSPS) is 11.1. The van der Waals surface area contributed by atoms with Crippen LogP contribution in [0.4, 0.5) is 0 Å². The molecule has 10 heteroatoms. The van der Waals surface area contributed by atoms with Gasteiger partial charge in [0, 0.05) is 24.6 Å². The quantitative estimate of drug-likeness (QED) is 0.0578. The van der Waals surface area contributed by atoms with E-state index in [-0.39, 0.29) is 5.75 Å². The van der Waals surface area contributed by atoms with Gasteiger partial charge in [0.2, 0.25) is 0 Å². The first-order valence-corrected chi connectivity index (χ1v) is 14.6. The average molecular weight is 773 g/mol. The maximum atomic E-state index is 13.4. The molecule has 0 radical (unpaired) electrons. The van der Waals surface area contributed by atoms with Gasteiger partial charge in [-0.15, -0.1) is 0 Å². The second-order valence-corrected chi connectivity index (χ2v) is 11.5. The van der Waals surface area contributed by atoms with Gasteiger partial charge in [0.05, 0.1) is 28.9 Å². The summed E-state index contributed by atoms with van der Waals surface area (Å²) in [7, 11) is 1.53. The van der Waals surface area contributed by atoms with E-state index in [9.17, 15) is 9.59 Å². The van der Waals surface area contributed by atoms with E-state index in [0.29, 0.717) is 27.0 Å². The lowest BCUT2D eigenvalue weighted by molar-refractivity contribution is 0.0732. The smallest absolute Gasteiger partial charge is 0.343 e. The first kappa shape index (κ1) is 28.1. The van der Waals surface area contributed by atoms with Crippen molar-refractivity contribution in [2.75, 3.05) is 7.11 Å². The van der Waals surface area contributed by atoms with Crippen molar-refractivity contribution in [2.24, 2.45) is 5.10 Å². The molecule has 0 aliphatic rings. The monoisotopic (exact) mass is 771 g/mol. The maximum Gasteiger partial charge on any atom is 0.343 e. The van der Waals surface area contributed by atoms with Crippen molar-refractivity contribution in [3.05, 3.63) is 114 Å². The Kier molecular flexibility index (Phi) is 8.67. The number of esters is 1. The van der Waals surface area contributed by atoms with Gasteiger partial charge in [-0.2, -0.15) is 5.10 Å². The highest BCUT2D eigenvalue weighted by atomic mass is 127. The number of ether oxygens (including phenoxy) is 2. The molecule has 40 heavy (non-hydrogen) atoms. The number of para-hydroxylation sites is 1. The molecule has 0 fully saturated rings. The van der Waals surface area contributed by atoms with Gasteiger partial charge in [0.1, 0.15) is 11.4 Å². The van der Waals surface area contributed by atoms with Crippen LogP contribution in [0.5, 0.6) is 11.5 Å². The number of halogens is 3. The van der Waals surface area contributed by atoms with Crippen LogP contribution in [0.1, 0.15) is 26.4 Å². The van der Waals surface area contributed by atoms with E-state index in [2.05, 4.69) is 70.0 Å². The molecule has 5 rings (SSSR count). The summed E-state index contributed by atoms with van der Waals surface area (Å²) in [4.78, 5) is 29.5. The van der Waals surface area contributed by atoms with Crippen LogP contribution >= 0.6 is 54.5 Å². The van der Waals surface area contributed by atoms with Gasteiger partial charge in [-0.05, 0) is 80.5 Å². The number of benzene rings is 4. The SMILES string of the molecule is COc1cccc(C(=O)Oc2c(Br)cc(Br)cc2C=NNC(=O)c2[nH]c3c(I)cccc3c2-c2ccccc2)c1. The number of aromatic nitrogens is 1. The lowest BCUT2D eigenvalue weighted by atomic mass is 10.0. The predicted molar refractivity (Wildman–Crippen MR) is 171 cm³/mol. The Bertz CT molecular complexity index is 1770. The van der Waals surface area contributed by atoms with Gasteiger partial charge in [-0.3, -0.25) is 4.79 Å². The minimum atomic E-state index is -0.569. The summed E-state index contributed by atoms with van der Waals surface area (Å²) in [5, 5.41) is 5.14. The van der Waals surface area contributed by atoms with Crippen LogP contribution < -0.4 is 14.9 Å². The predicted octanol–water partition coefficient (Wildman–Crippen LogP) is 7.96. The number of fused-ring (bicyclic) bond motifs is 1. The number of nitrogens with one attached hydrogen (secondary N) is 2. The van der Waals surface area contributed by atoms with Crippen molar-refractivity contribution >= 4 is 83.4 Å². The van der Waals surface area contributed by atoms with Gasteiger partial charge >= 0.3 is 5.97 Å². The summed E-state index contributed by atoms with van der Waals surface area (Å²) in [6.07, 6.45) is 1.43. The van der Waals surface area contributed by atoms with E-state index in [0.717, 1.165) is 30.1 Å². The molecule has 5 aromatic rings. The number of amides is 1. The van der Waals surface area contributed by atoms with Gasteiger partial charge in [-0.25, -0.2) is 10.2 Å². The molecule has 7 nitrogen and oxygen atoms in total. The van der Waals surface area contributed by atoms with Crippen LogP contribution in [-0.2, 0) is 0 Å². The number of hydrogen-bond donors (Lipinski definition) is 2. The largest absolute Gasteiger partial charge is 0.497 e. The molecule has 0 aliphatic heterocycles. The Morgan fingerprint density at radius 3 is 2.52 bits per heavy atom. The highest BCUT2D eigenvalue weighted by Gasteiger charge is 2.20. The molecular weight excluding hydrogens is 753 g/mol. The minimum absolute atomic E-state index is 0.249. The first-order chi connectivity index (χ1) is 19.4. The van der Waals surface area contributed by atoms with E-state index >= 15 is 0 Å². The van der Waals surface area contributed by atoms with E-state index in [1.165, 1.54) is 13.3 Å². The number of carbonyl (C=O) groups excluding carboxylic acids is 2. The molecule has 0 unspecified atom stereocenters. The fourth-order valence-corrected chi connectivity index (χ4v) is 6.13. The third kappa shape index (κ3) is 5.98. The Labute approximate surface area is 260 Å². The third-order valence-corrected chi connectivity index (χ3v) is 7.93. The molecule has 4 aromatic carbocycles. The van der Waals surface area contributed by atoms with Crippen LogP contribution in [0.25, 0.3) is 22.0 Å². The molecule has 0 spiro atoms. The highest BCUT2D eigenvalue weighted by molar-refractivity contribution is 14.1. The molecular formula is C30H20Br2IN3O4. The molecule has 0 aliphatic carbocycles. The van der Waals surface area contributed by atoms with Gasteiger partial charge in [-0.1, -0.05) is 64.5 Å². The standard InChI is InChI=1S/C30H20Br2IN3O4/c1-39-21-10-5-9-18(14-21)30(38)40-28-19(13-20(31)15-23(28)32)16-34-36-29(37)27-25(17-7-3-2-4-8-17)22-11-6-12-24(33)26(22)35-27/h2-16,35H,1H3,(H,36,37). The van der Waals surface area contributed by atoms with Crippen LogP contribution in [0.15, 0.2) is 99.0 Å². The second-order valence-electron chi connectivity index (χ2n) is 8.53. The number of aromatic amines is 1. The zero-order chi connectivity index (χ0) is 28.2. The molecule has 1 aromatic heterocycles. The third-order valence-electron chi connectivity index (χ3n) is 5.98. The second kappa shape index (κ2) is 12.4. The fourth-order valence-electron chi connectivity index (χ4n) is 4.16. The van der Waals surface area contributed by atoms with Crippen LogP contribution in [0, 0.1) is 3.57 Å². The molecule has 1 amide bonds. The van der Waals surface area contributed by atoms with Gasteiger partial charge in [0.25, 0.3) is 5.91 Å². The first-order valence-electron chi connectivity index (χ1n) is 11.9. The summed E-state index contributed by atoms with van der Waals surface area (Å²) in [5.41, 5.74) is 6.37. The zero-order valence-electron chi connectivity index (χ0n) is 20.9. The minimum Gasteiger partial charge on any atom is -0.497 e. The summed E-state index contributed by atoms with van der Waals surface area (Å²) < 4.78 is 13.2. The number of carbonyl (C=O) groups is 2. The van der Waals surface area contributed by atoms with Crippen molar-refractivity contribution in [1.29, 1.82) is 0 Å². The summed E-state index contributed by atoms with van der Waals surface area (Å²) in [5.74, 6) is -0.193. The summed E-state index contributed by atoms with van der Waals surface area (Å²) in [6.45, 7) is 0. The number of hydrazone groups is 1. The van der Waals surface area contributed by atoms with Crippen molar-refractivity contribution in [3.8, 4) is 22.6 Å². The highest BCUT2D eigenvalue weighted by Crippen LogP contribution is 2.35. The van der Waals surface area contributed by atoms with Crippen molar-refractivity contribution in [2.45, 2.75) is 0 Å². The molecule has 1 heterocycles. The van der Waals surface area contributed by atoms with Gasteiger partial charge in [0.15, 0.2) is 5.75 Å². The topological polar surface area (TPSA) is 92.8 Å². The van der Waals surface area contributed by atoms with Crippen LogP contribution in [-0.4, -0.2) is 30.2 Å². The van der Waals surface area contributed by atoms with Crippen molar-refractivity contribution in [1.82, 2.24) is 10.4 Å². The van der Waals surface area contributed by atoms with E-state index < -0.39 is 11.9 Å². The molecule has 2 N–H and O–H groups in total. The zero-order valence-corrected chi connectivity index (χ0v) is 26.2. The average Bonchev–Trinajstić information content (AvgIpc) is 3.36. The van der Waals surface area contributed by atoms with Crippen molar-refractivity contribution in [3.63, 3.8) is 0 Å². The van der Waals surface area contributed by atoms with E-state index in [1.807, 2.05) is 48.5 Å². The fraction of sp³-hybridized carbons (Fsp3) is 0.0333. The number of methoxy groups -OCH3 is 1. The Hall–Kier alpha value is -3.48. The van der Waals surface area contributed by atoms with E-state index in [4.69, 9.17) is 9.47 Å². The summed E-state index contributed by atoms with van der Waals surface area (Å²) in [6, 6.07) is 25.8. The number of nitrogens with zero attached hydrogens (tertiary/aromatic N) is 1. The summed E-state index contributed by atoms with van der Waals surface area (Å²) >= 11 is 9.16. The lowest BCUT2D eigenvalue weighted by Gasteiger charge is -2.11. The Balaban J connectivity index is 1.44. The molecule has 0 bridgehead atoms. The number of H-pyrrole nitrogens is 1. The Morgan fingerprint density at radius 2 is 1.75 bits per heavy atom. The van der Waals surface area contributed by atoms with Gasteiger partial charge < -0.3 is 14.5 Å².